The third kappa shape index (κ3) is 3.09. The van der Waals surface area contributed by atoms with Gasteiger partial charge in [-0.05, 0) is 37.8 Å². The summed E-state index contributed by atoms with van der Waals surface area (Å²) in [6.45, 7) is 3.50. The maximum absolute atomic E-state index is 12.0. The molecule has 1 N–H and O–H groups in total. The van der Waals surface area contributed by atoms with Gasteiger partial charge in [-0.3, -0.25) is 4.79 Å². The first-order chi connectivity index (χ1) is 10.3. The number of amides is 1. The van der Waals surface area contributed by atoms with Crippen LogP contribution in [0.1, 0.15) is 44.9 Å². The molecular formula is C17H23N3O. The molecule has 0 saturated heterocycles. The molecule has 1 aliphatic rings. The second-order valence-electron chi connectivity index (χ2n) is 5.89. The van der Waals surface area contributed by atoms with Crippen LogP contribution in [-0.4, -0.2) is 15.5 Å². The molecule has 0 unspecified atom stereocenters. The quantitative estimate of drug-likeness (QED) is 0.916. The molecule has 112 valence electrons. The molecule has 1 aliphatic carbocycles. The largest absolute Gasteiger partial charge is 0.349 e. The van der Waals surface area contributed by atoms with Crippen LogP contribution in [0.4, 0.5) is 0 Å². The van der Waals surface area contributed by atoms with Crippen molar-refractivity contribution in [3.63, 3.8) is 0 Å². The van der Waals surface area contributed by atoms with Gasteiger partial charge in [0.2, 0.25) is 5.91 Å². The molecule has 3 rings (SSSR count). The number of fused-ring (bicyclic) bond motifs is 1. The predicted molar refractivity (Wildman–Crippen MR) is 83.8 cm³/mol. The number of aromatic nitrogens is 2. The number of imidazole rings is 1. The second kappa shape index (κ2) is 6.29. The summed E-state index contributed by atoms with van der Waals surface area (Å²) >= 11 is 0. The normalized spacial score (nSPS) is 15.7. The number of hydrogen-bond acceptors (Lipinski definition) is 2. The Labute approximate surface area is 125 Å². The first-order valence-electron chi connectivity index (χ1n) is 7.98. The molecule has 1 heterocycles. The Morgan fingerprint density at radius 1 is 1.33 bits per heavy atom. The van der Waals surface area contributed by atoms with E-state index in [9.17, 15) is 4.79 Å². The third-order valence-corrected chi connectivity index (χ3v) is 4.44. The van der Waals surface area contributed by atoms with Gasteiger partial charge >= 0.3 is 0 Å². The van der Waals surface area contributed by atoms with Crippen molar-refractivity contribution in [3.05, 3.63) is 30.1 Å². The van der Waals surface area contributed by atoms with Crippen molar-refractivity contribution in [2.75, 3.05) is 0 Å². The number of benzene rings is 1. The molecule has 1 saturated carbocycles. The molecule has 1 aromatic heterocycles. The lowest BCUT2D eigenvalue weighted by molar-refractivity contribution is -0.122. The fourth-order valence-corrected chi connectivity index (χ4v) is 3.34. The van der Waals surface area contributed by atoms with Gasteiger partial charge in [0.25, 0.3) is 0 Å². The van der Waals surface area contributed by atoms with E-state index >= 15 is 0 Å². The standard InChI is InChI=1S/C17H23N3O/c1-2-20-15-10-6-5-9-14(15)19-16(20)12-18-17(21)11-13-7-3-4-8-13/h5-6,9-10,13H,2-4,7-8,11-12H2,1H3,(H,18,21). The highest BCUT2D eigenvalue weighted by atomic mass is 16.1. The van der Waals surface area contributed by atoms with Crippen molar-refractivity contribution in [1.82, 2.24) is 14.9 Å². The molecule has 0 spiro atoms. The Balaban J connectivity index is 1.65. The lowest BCUT2D eigenvalue weighted by Gasteiger charge is -2.10. The average molecular weight is 285 g/mol. The first kappa shape index (κ1) is 14.1. The zero-order valence-electron chi connectivity index (χ0n) is 12.6. The highest BCUT2D eigenvalue weighted by Gasteiger charge is 2.18. The molecule has 0 aliphatic heterocycles. The number of carbonyl (C=O) groups is 1. The van der Waals surface area contributed by atoms with Gasteiger partial charge in [-0.25, -0.2) is 4.98 Å². The van der Waals surface area contributed by atoms with Crippen molar-refractivity contribution < 1.29 is 4.79 Å². The fourth-order valence-electron chi connectivity index (χ4n) is 3.34. The van der Waals surface area contributed by atoms with E-state index in [4.69, 9.17) is 0 Å². The number of rotatable bonds is 5. The van der Waals surface area contributed by atoms with Crippen LogP contribution in [-0.2, 0) is 17.9 Å². The number of carbonyl (C=O) groups excluding carboxylic acids is 1. The van der Waals surface area contributed by atoms with E-state index in [0.29, 0.717) is 18.9 Å². The minimum Gasteiger partial charge on any atom is -0.349 e. The summed E-state index contributed by atoms with van der Waals surface area (Å²) in [5, 5.41) is 3.04. The number of hydrogen-bond donors (Lipinski definition) is 1. The summed E-state index contributed by atoms with van der Waals surface area (Å²) in [6.07, 6.45) is 5.65. The summed E-state index contributed by atoms with van der Waals surface area (Å²) in [7, 11) is 0. The highest BCUT2D eigenvalue weighted by Crippen LogP contribution is 2.27. The van der Waals surface area contributed by atoms with E-state index in [2.05, 4.69) is 27.9 Å². The zero-order chi connectivity index (χ0) is 14.7. The molecule has 1 fully saturated rings. The highest BCUT2D eigenvalue weighted by molar-refractivity contribution is 5.77. The van der Waals surface area contributed by atoms with Crippen LogP contribution in [0.15, 0.2) is 24.3 Å². The molecule has 0 radical (unpaired) electrons. The lowest BCUT2D eigenvalue weighted by atomic mass is 10.0. The summed E-state index contributed by atoms with van der Waals surface area (Å²) in [6, 6.07) is 8.12. The van der Waals surface area contributed by atoms with E-state index in [-0.39, 0.29) is 5.91 Å². The topological polar surface area (TPSA) is 46.9 Å². The minimum absolute atomic E-state index is 0.164. The Kier molecular flexibility index (Phi) is 4.23. The summed E-state index contributed by atoms with van der Waals surface area (Å²) in [4.78, 5) is 16.7. The van der Waals surface area contributed by atoms with Gasteiger partial charge in [0.1, 0.15) is 5.82 Å². The monoisotopic (exact) mass is 285 g/mol. The zero-order valence-corrected chi connectivity index (χ0v) is 12.6. The molecule has 1 aromatic carbocycles. The van der Waals surface area contributed by atoms with Crippen molar-refractivity contribution in [1.29, 1.82) is 0 Å². The van der Waals surface area contributed by atoms with Crippen LogP contribution in [0.25, 0.3) is 11.0 Å². The van der Waals surface area contributed by atoms with Gasteiger partial charge in [0.05, 0.1) is 17.6 Å². The number of aryl methyl sites for hydroxylation is 1. The Morgan fingerprint density at radius 3 is 2.86 bits per heavy atom. The van der Waals surface area contributed by atoms with Crippen molar-refractivity contribution in [2.45, 2.75) is 52.1 Å². The van der Waals surface area contributed by atoms with Gasteiger partial charge in [-0.1, -0.05) is 25.0 Å². The summed E-state index contributed by atoms with van der Waals surface area (Å²) in [5.41, 5.74) is 2.14. The van der Waals surface area contributed by atoms with Crippen molar-refractivity contribution in [3.8, 4) is 0 Å². The molecule has 0 bridgehead atoms. The molecule has 4 heteroatoms. The molecular weight excluding hydrogens is 262 g/mol. The van der Waals surface area contributed by atoms with Crippen LogP contribution in [0.5, 0.6) is 0 Å². The molecule has 2 aromatic rings. The van der Waals surface area contributed by atoms with Crippen LogP contribution in [0.3, 0.4) is 0 Å². The SMILES string of the molecule is CCn1c(CNC(=O)CC2CCCC2)nc2ccccc21. The summed E-state index contributed by atoms with van der Waals surface area (Å²) < 4.78 is 2.17. The van der Waals surface area contributed by atoms with Gasteiger partial charge in [-0.2, -0.15) is 0 Å². The average Bonchev–Trinajstić information content (AvgIpc) is 3.11. The van der Waals surface area contributed by atoms with Gasteiger partial charge < -0.3 is 9.88 Å². The third-order valence-electron chi connectivity index (χ3n) is 4.44. The Morgan fingerprint density at radius 2 is 2.10 bits per heavy atom. The van der Waals surface area contributed by atoms with Crippen molar-refractivity contribution in [2.24, 2.45) is 5.92 Å². The Hall–Kier alpha value is -1.84. The summed E-state index contributed by atoms with van der Waals surface area (Å²) in [5.74, 6) is 1.70. The van der Waals surface area contributed by atoms with E-state index < -0.39 is 0 Å². The van der Waals surface area contributed by atoms with Crippen LogP contribution >= 0.6 is 0 Å². The second-order valence-corrected chi connectivity index (χ2v) is 5.89. The smallest absolute Gasteiger partial charge is 0.220 e. The van der Waals surface area contributed by atoms with Crippen LogP contribution < -0.4 is 5.32 Å². The van der Waals surface area contributed by atoms with Crippen molar-refractivity contribution >= 4 is 16.9 Å². The molecule has 21 heavy (non-hydrogen) atoms. The van der Waals surface area contributed by atoms with Crippen LogP contribution in [0, 0.1) is 5.92 Å². The van der Waals surface area contributed by atoms with E-state index in [0.717, 1.165) is 23.4 Å². The molecule has 4 nitrogen and oxygen atoms in total. The minimum atomic E-state index is 0.164. The van der Waals surface area contributed by atoms with Gasteiger partial charge in [0, 0.05) is 13.0 Å². The number of nitrogens with one attached hydrogen (secondary N) is 1. The van der Waals surface area contributed by atoms with Gasteiger partial charge in [-0.15, -0.1) is 0 Å². The maximum atomic E-state index is 12.0. The maximum Gasteiger partial charge on any atom is 0.220 e. The predicted octanol–water partition coefficient (Wildman–Crippen LogP) is 3.25. The van der Waals surface area contributed by atoms with E-state index in [1.807, 2.05) is 18.2 Å². The molecule has 1 amide bonds. The lowest BCUT2D eigenvalue weighted by Crippen LogP contribution is -2.26. The molecule has 0 atom stereocenters. The van der Waals surface area contributed by atoms with Gasteiger partial charge in [0.15, 0.2) is 0 Å². The Bertz CT molecular complexity index is 626. The van der Waals surface area contributed by atoms with E-state index in [1.54, 1.807) is 0 Å². The number of nitrogens with zero attached hydrogens (tertiary/aromatic N) is 2. The van der Waals surface area contributed by atoms with Crippen LogP contribution in [0.2, 0.25) is 0 Å². The number of para-hydroxylation sites is 2. The fraction of sp³-hybridized carbons (Fsp3) is 0.529. The first-order valence-corrected chi connectivity index (χ1v) is 7.98. The van der Waals surface area contributed by atoms with E-state index in [1.165, 1.54) is 25.7 Å².